The van der Waals surface area contributed by atoms with Gasteiger partial charge in [0.05, 0.1) is 4.91 Å². The fourth-order valence-electron chi connectivity index (χ4n) is 2.47. The summed E-state index contributed by atoms with van der Waals surface area (Å²) >= 11 is 7.88. The lowest BCUT2D eigenvalue weighted by Gasteiger charge is -2.22. The summed E-state index contributed by atoms with van der Waals surface area (Å²) in [6.07, 6.45) is 1.73. The Hall–Kier alpha value is -2.69. The molecule has 1 fully saturated rings. The molecule has 3 rings (SSSR count). The van der Waals surface area contributed by atoms with Gasteiger partial charge in [0.15, 0.2) is 0 Å². The number of carboxylic acids is 1. The zero-order chi connectivity index (χ0) is 20.4. The molecule has 0 saturated carbocycles. The lowest BCUT2D eigenvalue weighted by molar-refractivity contribution is -0.129. The number of nitrogens with one attached hydrogen (secondary N) is 1. The van der Waals surface area contributed by atoms with Gasteiger partial charge in [0.25, 0.3) is 5.91 Å². The van der Waals surface area contributed by atoms with Crippen LogP contribution in [0.25, 0.3) is 6.08 Å². The number of aromatic hydroxyl groups is 1. The van der Waals surface area contributed by atoms with Gasteiger partial charge in [-0.2, -0.15) is 0 Å². The molecule has 0 aliphatic carbocycles. The fraction of sp³-hybridized carbons (Fsp3) is 0.111. The predicted molar refractivity (Wildman–Crippen MR) is 112 cm³/mol. The van der Waals surface area contributed by atoms with Crippen molar-refractivity contribution < 1.29 is 24.6 Å². The minimum Gasteiger partial charge on any atom is -0.507 e. The smallest absolute Gasteiger partial charge is 0.339 e. The van der Waals surface area contributed by atoms with Crippen LogP contribution in [0.4, 0.5) is 5.69 Å². The summed E-state index contributed by atoms with van der Waals surface area (Å²) in [6.45, 7) is 1.54. The number of hydrogen-bond acceptors (Lipinski definition) is 7. The standard InChI is InChI=1S/C18H14N2O5S3/c1-9(15(22)19-10-4-5-12(17(24)25)13(21)7-10)20-16(23)14(28-18(20)26)8-11-3-2-6-27-11/h2-9,21H,1H3,(H,19,22)(H,24,25)/b14-8+. The number of anilines is 1. The van der Waals surface area contributed by atoms with Crippen LogP contribution < -0.4 is 5.32 Å². The zero-order valence-electron chi connectivity index (χ0n) is 14.4. The van der Waals surface area contributed by atoms with Crippen molar-refractivity contribution in [2.24, 2.45) is 0 Å². The number of thioether (sulfide) groups is 1. The Kier molecular flexibility index (Phi) is 5.82. The maximum Gasteiger partial charge on any atom is 0.339 e. The van der Waals surface area contributed by atoms with E-state index in [9.17, 15) is 19.5 Å². The molecule has 1 atom stereocenters. The third-order valence-electron chi connectivity index (χ3n) is 3.90. The molecule has 2 aromatic rings. The summed E-state index contributed by atoms with van der Waals surface area (Å²) in [5, 5.41) is 23.1. The Balaban J connectivity index is 1.74. The van der Waals surface area contributed by atoms with E-state index in [1.54, 1.807) is 13.0 Å². The van der Waals surface area contributed by atoms with Crippen LogP contribution in [0.3, 0.4) is 0 Å². The van der Waals surface area contributed by atoms with E-state index >= 15 is 0 Å². The van der Waals surface area contributed by atoms with Crippen molar-refractivity contribution in [3.05, 3.63) is 51.1 Å². The Morgan fingerprint density at radius 2 is 2.07 bits per heavy atom. The first-order valence-electron chi connectivity index (χ1n) is 7.95. The van der Waals surface area contributed by atoms with Gasteiger partial charge in [-0.3, -0.25) is 14.5 Å². The summed E-state index contributed by atoms with van der Waals surface area (Å²) in [5.74, 6) is -2.62. The summed E-state index contributed by atoms with van der Waals surface area (Å²) in [4.78, 5) is 38.8. The highest BCUT2D eigenvalue weighted by Crippen LogP contribution is 2.34. The molecule has 0 radical (unpaired) electrons. The second kappa shape index (κ2) is 8.13. The molecule has 1 unspecified atom stereocenters. The van der Waals surface area contributed by atoms with E-state index < -0.39 is 23.7 Å². The quantitative estimate of drug-likeness (QED) is 0.489. The molecule has 28 heavy (non-hydrogen) atoms. The van der Waals surface area contributed by atoms with E-state index in [4.69, 9.17) is 17.3 Å². The summed E-state index contributed by atoms with van der Waals surface area (Å²) in [5.41, 5.74) is -0.0689. The molecule has 2 amide bonds. The van der Waals surface area contributed by atoms with Gasteiger partial charge in [-0.25, -0.2) is 4.79 Å². The molecule has 0 spiro atoms. The first-order valence-corrected chi connectivity index (χ1v) is 10.1. The molecular formula is C18H14N2O5S3. The van der Waals surface area contributed by atoms with Gasteiger partial charge in [-0.05, 0) is 36.6 Å². The minimum absolute atomic E-state index is 0.207. The molecule has 2 heterocycles. The summed E-state index contributed by atoms with van der Waals surface area (Å²) in [7, 11) is 0. The van der Waals surface area contributed by atoms with E-state index in [0.29, 0.717) is 4.91 Å². The molecule has 7 nitrogen and oxygen atoms in total. The highest BCUT2D eigenvalue weighted by Gasteiger charge is 2.38. The minimum atomic E-state index is -1.28. The maximum absolute atomic E-state index is 12.7. The number of carboxylic acid groups (broad SMARTS) is 1. The van der Waals surface area contributed by atoms with E-state index in [1.165, 1.54) is 28.4 Å². The van der Waals surface area contributed by atoms with Gasteiger partial charge in [0.2, 0.25) is 5.91 Å². The number of thiophene rings is 1. The van der Waals surface area contributed by atoms with Crippen molar-refractivity contribution in [3.8, 4) is 5.75 Å². The lowest BCUT2D eigenvalue weighted by Crippen LogP contribution is -2.44. The van der Waals surface area contributed by atoms with Crippen molar-refractivity contribution in [3.63, 3.8) is 0 Å². The second-order valence-electron chi connectivity index (χ2n) is 5.77. The molecule has 1 saturated heterocycles. The number of carbonyl (C=O) groups excluding carboxylic acids is 2. The number of nitrogens with zero attached hydrogens (tertiary/aromatic N) is 1. The molecule has 1 aliphatic rings. The van der Waals surface area contributed by atoms with E-state index in [1.807, 2.05) is 17.5 Å². The number of amides is 2. The Morgan fingerprint density at radius 1 is 1.32 bits per heavy atom. The largest absolute Gasteiger partial charge is 0.507 e. The molecule has 1 aliphatic heterocycles. The number of aromatic carboxylic acids is 1. The van der Waals surface area contributed by atoms with Crippen molar-refractivity contribution in [1.29, 1.82) is 0 Å². The molecule has 10 heteroatoms. The first kappa shape index (κ1) is 20.1. The molecule has 144 valence electrons. The summed E-state index contributed by atoms with van der Waals surface area (Å²) in [6, 6.07) is 6.53. The van der Waals surface area contributed by atoms with E-state index in [-0.39, 0.29) is 21.5 Å². The van der Waals surface area contributed by atoms with Gasteiger partial charge in [0, 0.05) is 16.6 Å². The van der Waals surface area contributed by atoms with Crippen molar-refractivity contribution in [2.75, 3.05) is 5.32 Å². The predicted octanol–water partition coefficient (Wildman–Crippen LogP) is 3.38. The van der Waals surface area contributed by atoms with Crippen molar-refractivity contribution in [2.45, 2.75) is 13.0 Å². The molecule has 1 aromatic carbocycles. The molecule has 0 bridgehead atoms. The number of hydrogen-bond donors (Lipinski definition) is 3. The number of benzene rings is 1. The van der Waals surface area contributed by atoms with Gasteiger partial charge >= 0.3 is 5.97 Å². The van der Waals surface area contributed by atoms with Crippen molar-refractivity contribution in [1.82, 2.24) is 4.90 Å². The van der Waals surface area contributed by atoms with Crippen LogP contribution in [0.5, 0.6) is 5.75 Å². The van der Waals surface area contributed by atoms with Gasteiger partial charge in [-0.1, -0.05) is 30.0 Å². The number of rotatable bonds is 5. The van der Waals surface area contributed by atoms with Gasteiger partial charge < -0.3 is 15.5 Å². The molecule has 1 aromatic heterocycles. The highest BCUT2D eigenvalue weighted by atomic mass is 32.2. The average molecular weight is 435 g/mol. The summed E-state index contributed by atoms with van der Waals surface area (Å²) < 4.78 is 0.277. The van der Waals surface area contributed by atoms with Crippen LogP contribution in [-0.2, 0) is 9.59 Å². The zero-order valence-corrected chi connectivity index (χ0v) is 16.9. The second-order valence-corrected chi connectivity index (χ2v) is 8.42. The Bertz CT molecular complexity index is 1000. The topological polar surface area (TPSA) is 107 Å². The van der Waals surface area contributed by atoms with Crippen LogP contribution in [0.15, 0.2) is 40.6 Å². The van der Waals surface area contributed by atoms with E-state index in [2.05, 4.69) is 5.32 Å². The van der Waals surface area contributed by atoms with Crippen LogP contribution in [0.2, 0.25) is 0 Å². The molecular weight excluding hydrogens is 420 g/mol. The Morgan fingerprint density at radius 3 is 2.68 bits per heavy atom. The third-order valence-corrected chi connectivity index (χ3v) is 6.05. The van der Waals surface area contributed by atoms with Crippen LogP contribution >= 0.6 is 35.3 Å². The van der Waals surface area contributed by atoms with Crippen LogP contribution in [-0.4, -0.2) is 43.3 Å². The SMILES string of the molecule is CC(C(=O)Nc1ccc(C(=O)O)c(O)c1)N1C(=O)/C(=C\c2cccs2)SC1=S. The third kappa shape index (κ3) is 4.08. The normalized spacial score (nSPS) is 16.5. The lowest BCUT2D eigenvalue weighted by atomic mass is 10.1. The van der Waals surface area contributed by atoms with Crippen molar-refractivity contribution >= 4 is 69.2 Å². The Labute approximate surface area is 173 Å². The maximum atomic E-state index is 12.7. The number of thiocarbonyl (C=S) groups is 1. The van der Waals surface area contributed by atoms with Crippen LogP contribution in [0, 0.1) is 0 Å². The van der Waals surface area contributed by atoms with Gasteiger partial charge in [-0.15, -0.1) is 11.3 Å². The van der Waals surface area contributed by atoms with Gasteiger partial charge in [0.1, 0.15) is 21.7 Å². The van der Waals surface area contributed by atoms with Crippen LogP contribution in [0.1, 0.15) is 22.2 Å². The first-order chi connectivity index (χ1) is 13.3. The highest BCUT2D eigenvalue weighted by molar-refractivity contribution is 8.26. The molecule has 3 N–H and O–H groups in total. The fourth-order valence-corrected chi connectivity index (χ4v) is 4.61. The number of carbonyl (C=O) groups is 3. The monoisotopic (exact) mass is 434 g/mol. The van der Waals surface area contributed by atoms with E-state index in [0.717, 1.165) is 22.7 Å². The number of phenols is 1. The average Bonchev–Trinajstić information content (AvgIpc) is 3.22.